The van der Waals surface area contributed by atoms with Gasteiger partial charge in [-0.25, -0.2) is 21.8 Å². The van der Waals surface area contributed by atoms with E-state index >= 15 is 4.39 Å². The number of amides is 1. The molecular formula is C25H24FN3O6S2. The Morgan fingerprint density at radius 1 is 1.05 bits per heavy atom. The molecule has 1 aliphatic carbocycles. The average Bonchev–Trinajstić information content (AvgIpc) is 3.63. The second-order valence-corrected chi connectivity index (χ2v) is 13.4. The maximum atomic E-state index is 16.1. The Balaban J connectivity index is 1.34. The van der Waals surface area contributed by atoms with Crippen LogP contribution >= 0.6 is 0 Å². The number of nitrogens with zero attached hydrogens (tertiary/aromatic N) is 2. The van der Waals surface area contributed by atoms with Crippen LogP contribution in [0.15, 0.2) is 54.6 Å². The van der Waals surface area contributed by atoms with E-state index in [2.05, 4.69) is 0 Å². The zero-order valence-corrected chi connectivity index (χ0v) is 21.3. The first-order valence-electron chi connectivity index (χ1n) is 11.9. The van der Waals surface area contributed by atoms with Gasteiger partial charge in [-0.3, -0.25) is 4.79 Å². The van der Waals surface area contributed by atoms with Crippen molar-refractivity contribution in [2.24, 2.45) is 0 Å². The minimum Gasteiger partial charge on any atom is -0.488 e. The highest BCUT2D eigenvalue weighted by molar-refractivity contribution is 7.92. The number of hydrogen-bond donors (Lipinski definition) is 1. The van der Waals surface area contributed by atoms with Gasteiger partial charge < -0.3 is 4.74 Å². The van der Waals surface area contributed by atoms with Gasteiger partial charge >= 0.3 is 10.2 Å². The Labute approximate surface area is 214 Å². The number of halogens is 1. The summed E-state index contributed by atoms with van der Waals surface area (Å²) < 4.78 is 76.0. The summed E-state index contributed by atoms with van der Waals surface area (Å²) in [4.78, 5) is 11.9. The molecule has 1 N–H and O–H groups in total. The molecule has 3 aromatic rings. The summed E-state index contributed by atoms with van der Waals surface area (Å²) >= 11 is 0. The van der Waals surface area contributed by atoms with Gasteiger partial charge in [0, 0.05) is 5.39 Å². The maximum absolute atomic E-state index is 16.1. The largest absolute Gasteiger partial charge is 0.488 e. The van der Waals surface area contributed by atoms with Crippen molar-refractivity contribution in [2.45, 2.75) is 30.6 Å². The minimum absolute atomic E-state index is 0.139. The number of carbonyl (C=O) groups excluding carboxylic acids is 1. The highest BCUT2D eigenvalue weighted by atomic mass is 32.2. The lowest BCUT2D eigenvalue weighted by atomic mass is 9.98. The third kappa shape index (κ3) is 4.42. The van der Waals surface area contributed by atoms with E-state index in [9.17, 15) is 21.6 Å². The molecule has 0 unspecified atom stereocenters. The highest BCUT2D eigenvalue weighted by Crippen LogP contribution is 2.38. The molecule has 9 nitrogen and oxygen atoms in total. The monoisotopic (exact) mass is 545 g/mol. The van der Waals surface area contributed by atoms with E-state index in [0.29, 0.717) is 29.5 Å². The van der Waals surface area contributed by atoms with E-state index in [1.165, 1.54) is 10.4 Å². The Hall–Kier alpha value is -3.22. The van der Waals surface area contributed by atoms with Gasteiger partial charge in [-0.1, -0.05) is 36.4 Å². The summed E-state index contributed by atoms with van der Waals surface area (Å²) in [5.74, 6) is -1.17. The summed E-state index contributed by atoms with van der Waals surface area (Å²) in [5.41, 5.74) is 1.09. The lowest BCUT2D eigenvalue weighted by Crippen LogP contribution is -2.56. The van der Waals surface area contributed by atoms with Crippen LogP contribution in [0, 0.1) is 5.82 Å². The van der Waals surface area contributed by atoms with E-state index in [0.717, 1.165) is 9.87 Å². The quantitative estimate of drug-likeness (QED) is 0.488. The molecule has 2 saturated heterocycles. The van der Waals surface area contributed by atoms with Gasteiger partial charge in [-0.05, 0) is 54.0 Å². The van der Waals surface area contributed by atoms with Gasteiger partial charge in [0.05, 0.1) is 24.0 Å². The maximum Gasteiger partial charge on any atom is 0.326 e. The van der Waals surface area contributed by atoms with Crippen molar-refractivity contribution < 1.29 is 30.8 Å². The number of sulfonamides is 1. The number of rotatable bonds is 7. The summed E-state index contributed by atoms with van der Waals surface area (Å²) in [6.07, 6.45) is 1.29. The van der Waals surface area contributed by atoms with Crippen molar-refractivity contribution in [1.29, 1.82) is 0 Å². The van der Waals surface area contributed by atoms with Crippen LogP contribution in [0.4, 0.5) is 10.1 Å². The number of ether oxygens (including phenoxy) is 1. The summed E-state index contributed by atoms with van der Waals surface area (Å²) in [7, 11) is -7.50. The summed E-state index contributed by atoms with van der Waals surface area (Å²) in [6.45, 7) is -0.0447. The first-order valence-corrected chi connectivity index (χ1v) is 14.8. The van der Waals surface area contributed by atoms with Gasteiger partial charge in [0.1, 0.15) is 18.4 Å². The molecule has 2 aliphatic heterocycles. The molecule has 0 radical (unpaired) electrons. The molecule has 1 amide bonds. The second-order valence-electron chi connectivity index (χ2n) is 9.58. The molecule has 1 saturated carbocycles. The predicted octanol–water partition coefficient (Wildman–Crippen LogP) is 2.31. The van der Waals surface area contributed by atoms with Gasteiger partial charge in [0.2, 0.25) is 10.0 Å². The van der Waals surface area contributed by atoms with Crippen LogP contribution in [0.2, 0.25) is 0 Å². The first kappa shape index (κ1) is 24.1. The number of carbonyl (C=O) groups is 1. The third-order valence-electron chi connectivity index (χ3n) is 6.83. The summed E-state index contributed by atoms with van der Waals surface area (Å²) in [5, 5.41) is 0.401. The van der Waals surface area contributed by atoms with Crippen LogP contribution in [-0.4, -0.2) is 58.0 Å². The van der Waals surface area contributed by atoms with Gasteiger partial charge in [0.15, 0.2) is 5.82 Å². The van der Waals surface area contributed by atoms with Crippen molar-refractivity contribution in [3.05, 3.63) is 71.5 Å². The zero-order valence-electron chi connectivity index (χ0n) is 19.6. The number of fused-ring (bicyclic) bond motifs is 1. The molecular weight excluding hydrogens is 521 g/mol. The molecule has 0 bridgehead atoms. The van der Waals surface area contributed by atoms with Crippen molar-refractivity contribution in [2.75, 3.05) is 23.9 Å². The van der Waals surface area contributed by atoms with Crippen molar-refractivity contribution in [3.63, 3.8) is 0 Å². The fourth-order valence-electron chi connectivity index (χ4n) is 4.77. The molecule has 0 atom stereocenters. The number of nitrogens with one attached hydrogen (secondary N) is 1. The molecule has 37 heavy (non-hydrogen) atoms. The van der Waals surface area contributed by atoms with Crippen LogP contribution in [-0.2, 0) is 31.4 Å². The Morgan fingerprint density at radius 3 is 2.43 bits per heavy atom. The SMILES string of the molecule is O=C1CN(c2c(Cc3ccccc3)cc3ccc(OC4CN(S(=O)(=O)C5CC5)C4)cc3c2F)S(=O)(=O)N1. The Morgan fingerprint density at radius 2 is 1.78 bits per heavy atom. The van der Waals surface area contributed by atoms with Gasteiger partial charge in [0.25, 0.3) is 5.91 Å². The third-order valence-corrected chi connectivity index (χ3v) is 10.5. The van der Waals surface area contributed by atoms with Crippen molar-refractivity contribution >= 4 is 42.6 Å². The fourth-order valence-corrected chi connectivity index (χ4v) is 7.86. The fraction of sp³-hybridized carbons (Fsp3) is 0.320. The van der Waals surface area contributed by atoms with Crippen LogP contribution < -0.4 is 13.8 Å². The zero-order chi connectivity index (χ0) is 25.9. The van der Waals surface area contributed by atoms with Crippen LogP contribution in [0.1, 0.15) is 24.0 Å². The Bertz CT molecular complexity index is 1620. The minimum atomic E-state index is -4.24. The van der Waals surface area contributed by atoms with E-state index in [-0.39, 0.29) is 41.9 Å². The molecule has 3 aliphatic rings. The van der Waals surface area contributed by atoms with Gasteiger partial charge in [-0.2, -0.15) is 12.7 Å². The van der Waals surface area contributed by atoms with Crippen LogP contribution in [0.5, 0.6) is 5.75 Å². The number of benzene rings is 3. The van der Waals surface area contributed by atoms with Gasteiger partial charge in [-0.15, -0.1) is 0 Å². The van der Waals surface area contributed by atoms with E-state index < -0.39 is 38.5 Å². The highest BCUT2D eigenvalue weighted by Gasteiger charge is 2.46. The molecule has 3 aromatic carbocycles. The van der Waals surface area contributed by atoms with E-state index in [1.54, 1.807) is 18.2 Å². The first-order chi connectivity index (χ1) is 17.6. The smallest absolute Gasteiger partial charge is 0.326 e. The van der Waals surface area contributed by atoms with E-state index in [1.807, 2.05) is 35.1 Å². The standard InChI is InChI=1S/C25H24FN3O6S2/c26-24-22-12-19(35-20-13-28(14-20)36(31,32)21-8-9-21)7-6-17(22)11-18(10-16-4-2-1-3-5-16)25(24)29-15-23(30)27-37(29,33)34/h1-7,11-12,20-21H,8-10,13-15H2,(H,27,30). The molecule has 0 aromatic heterocycles. The Kier molecular flexibility index (Phi) is 5.66. The molecule has 12 heteroatoms. The summed E-state index contributed by atoms with van der Waals surface area (Å²) in [6, 6.07) is 15.8. The lowest BCUT2D eigenvalue weighted by Gasteiger charge is -2.38. The molecule has 2 heterocycles. The van der Waals surface area contributed by atoms with Crippen LogP contribution in [0.25, 0.3) is 10.8 Å². The molecule has 6 rings (SSSR count). The average molecular weight is 546 g/mol. The molecule has 3 fully saturated rings. The van der Waals surface area contributed by atoms with Crippen molar-refractivity contribution in [3.8, 4) is 5.75 Å². The lowest BCUT2D eigenvalue weighted by molar-refractivity contribution is -0.117. The normalized spacial score (nSPS) is 20.1. The molecule has 194 valence electrons. The van der Waals surface area contributed by atoms with Crippen LogP contribution in [0.3, 0.4) is 0 Å². The van der Waals surface area contributed by atoms with E-state index in [4.69, 9.17) is 4.74 Å². The predicted molar refractivity (Wildman–Crippen MR) is 135 cm³/mol. The second kappa shape index (κ2) is 8.67. The van der Waals surface area contributed by atoms with Crippen molar-refractivity contribution in [1.82, 2.24) is 9.03 Å². The topological polar surface area (TPSA) is 113 Å². The number of anilines is 1. The number of hydrogen-bond acceptors (Lipinski definition) is 6. The molecule has 0 spiro atoms.